The fourth-order valence-corrected chi connectivity index (χ4v) is 2.91. The Morgan fingerprint density at radius 2 is 2.08 bits per heavy atom. The van der Waals surface area contributed by atoms with Crippen LogP contribution in [0.1, 0.15) is 34.8 Å². The van der Waals surface area contributed by atoms with E-state index in [4.69, 9.17) is 4.74 Å². The van der Waals surface area contributed by atoms with Crippen molar-refractivity contribution in [2.24, 2.45) is 5.92 Å². The van der Waals surface area contributed by atoms with E-state index in [1.807, 2.05) is 0 Å². The maximum absolute atomic E-state index is 12.4. The molecule has 1 aliphatic carbocycles. The highest BCUT2D eigenvalue weighted by Crippen LogP contribution is 2.38. The quantitative estimate of drug-likeness (QED) is 0.606. The minimum atomic E-state index is -0.699. The highest BCUT2D eigenvalue weighted by Gasteiger charge is 2.36. The Balaban J connectivity index is 1.77. The van der Waals surface area contributed by atoms with Gasteiger partial charge in [-0.25, -0.2) is 4.98 Å². The van der Waals surface area contributed by atoms with Gasteiger partial charge in [-0.05, 0) is 36.5 Å². The molecular weight excluding hydrogens is 322 g/mol. The molecule has 0 unspecified atom stereocenters. The molecule has 130 valence electrons. The number of carbonyl (C=O) groups is 2. The van der Waals surface area contributed by atoms with Crippen LogP contribution < -0.4 is 10.1 Å². The number of hydrogen-bond donors (Lipinski definition) is 2. The standard InChI is InChI=1S/C18H19N3O4/c1-25-15-5-4-11(10-20-15)16(13-7-14(22)8-13)21-18(24)17(23)12-3-2-6-19-9-12/h2-6,9-10,13-14,16,22H,7-8H2,1H3,(H,21,24)/t13?,14?,16-/m1/s1. The average molecular weight is 341 g/mol. The van der Waals surface area contributed by atoms with E-state index in [2.05, 4.69) is 15.3 Å². The number of aliphatic hydroxyl groups is 1. The minimum absolute atomic E-state index is 0.0517. The van der Waals surface area contributed by atoms with Crippen molar-refractivity contribution in [2.75, 3.05) is 7.11 Å². The Bertz CT molecular complexity index is 743. The summed E-state index contributed by atoms with van der Waals surface area (Å²) in [5, 5.41) is 12.4. The van der Waals surface area contributed by atoms with Crippen LogP contribution in [0.5, 0.6) is 5.88 Å². The van der Waals surface area contributed by atoms with Crippen molar-refractivity contribution in [2.45, 2.75) is 25.0 Å². The van der Waals surface area contributed by atoms with Crippen LogP contribution >= 0.6 is 0 Å². The second-order valence-corrected chi connectivity index (χ2v) is 6.04. The first kappa shape index (κ1) is 17.0. The van der Waals surface area contributed by atoms with Crippen LogP contribution in [-0.2, 0) is 4.79 Å². The molecule has 0 spiro atoms. The first-order valence-corrected chi connectivity index (χ1v) is 8.01. The lowest BCUT2D eigenvalue weighted by Gasteiger charge is -2.38. The second-order valence-electron chi connectivity index (χ2n) is 6.04. The Morgan fingerprint density at radius 1 is 1.28 bits per heavy atom. The number of amides is 1. The van der Waals surface area contributed by atoms with E-state index in [1.165, 1.54) is 19.5 Å². The Hall–Kier alpha value is -2.80. The molecule has 0 aromatic carbocycles. The first-order valence-electron chi connectivity index (χ1n) is 8.01. The third kappa shape index (κ3) is 3.83. The van der Waals surface area contributed by atoms with Crippen molar-refractivity contribution in [3.05, 3.63) is 54.0 Å². The number of carbonyl (C=O) groups excluding carboxylic acids is 2. The third-order valence-electron chi connectivity index (χ3n) is 4.37. The molecule has 1 saturated carbocycles. The van der Waals surface area contributed by atoms with E-state index in [0.29, 0.717) is 18.7 Å². The lowest BCUT2D eigenvalue weighted by atomic mass is 9.75. The predicted octanol–water partition coefficient (Wildman–Crippen LogP) is 1.30. The largest absolute Gasteiger partial charge is 0.481 e. The van der Waals surface area contributed by atoms with Crippen LogP contribution in [0.3, 0.4) is 0 Å². The van der Waals surface area contributed by atoms with Crippen molar-refractivity contribution in [1.82, 2.24) is 15.3 Å². The molecule has 2 N–H and O–H groups in total. The van der Waals surface area contributed by atoms with Crippen LogP contribution in [0.15, 0.2) is 42.9 Å². The number of nitrogens with zero attached hydrogens (tertiary/aromatic N) is 2. The lowest BCUT2D eigenvalue weighted by Crippen LogP contribution is -2.43. The molecule has 3 rings (SSSR count). The van der Waals surface area contributed by atoms with Crippen molar-refractivity contribution < 1.29 is 19.4 Å². The highest BCUT2D eigenvalue weighted by molar-refractivity contribution is 6.42. The molecule has 1 aliphatic rings. The summed E-state index contributed by atoms with van der Waals surface area (Å²) in [6.07, 6.45) is 5.28. The monoisotopic (exact) mass is 341 g/mol. The number of nitrogens with one attached hydrogen (secondary N) is 1. The molecular formula is C18H19N3O4. The third-order valence-corrected chi connectivity index (χ3v) is 4.37. The van der Waals surface area contributed by atoms with Gasteiger partial charge in [0.15, 0.2) is 0 Å². The number of Topliss-reactive ketones (excluding diaryl/α,β-unsaturated/α-hetero) is 1. The number of aromatic nitrogens is 2. The van der Waals surface area contributed by atoms with E-state index in [-0.39, 0.29) is 17.6 Å². The highest BCUT2D eigenvalue weighted by atomic mass is 16.5. The van der Waals surface area contributed by atoms with E-state index >= 15 is 0 Å². The smallest absolute Gasteiger partial charge is 0.292 e. The normalized spacial score (nSPS) is 20.2. The molecule has 0 aliphatic heterocycles. The maximum Gasteiger partial charge on any atom is 0.292 e. The summed E-state index contributed by atoms with van der Waals surface area (Å²) in [6, 6.07) is 6.26. The molecule has 2 aromatic rings. The van der Waals surface area contributed by atoms with Gasteiger partial charge < -0.3 is 15.2 Å². The fourth-order valence-electron chi connectivity index (χ4n) is 2.91. The average Bonchev–Trinajstić information content (AvgIpc) is 2.64. The van der Waals surface area contributed by atoms with Crippen LogP contribution in [-0.4, -0.2) is 40.0 Å². The first-order chi connectivity index (χ1) is 12.1. The number of ketones is 1. The summed E-state index contributed by atoms with van der Waals surface area (Å²) in [4.78, 5) is 32.7. The Morgan fingerprint density at radius 3 is 2.64 bits per heavy atom. The van der Waals surface area contributed by atoms with Crippen molar-refractivity contribution >= 4 is 11.7 Å². The van der Waals surface area contributed by atoms with Crippen LogP contribution in [0, 0.1) is 5.92 Å². The van der Waals surface area contributed by atoms with E-state index in [1.54, 1.807) is 30.5 Å². The molecule has 25 heavy (non-hydrogen) atoms. The molecule has 0 radical (unpaired) electrons. The van der Waals surface area contributed by atoms with Gasteiger partial charge in [-0.15, -0.1) is 0 Å². The molecule has 1 amide bonds. The molecule has 0 saturated heterocycles. The molecule has 1 atom stereocenters. The summed E-state index contributed by atoms with van der Waals surface area (Å²) >= 11 is 0. The van der Waals surface area contributed by atoms with E-state index < -0.39 is 17.7 Å². The van der Waals surface area contributed by atoms with Crippen molar-refractivity contribution in [3.63, 3.8) is 0 Å². The Kier molecular flexibility index (Phi) is 5.04. The summed E-state index contributed by atoms with van der Waals surface area (Å²) < 4.78 is 5.04. The molecule has 2 aromatic heterocycles. The summed E-state index contributed by atoms with van der Waals surface area (Å²) in [5.74, 6) is -0.820. The summed E-state index contributed by atoms with van der Waals surface area (Å²) in [5.41, 5.74) is 1.00. The second kappa shape index (κ2) is 7.40. The lowest BCUT2D eigenvalue weighted by molar-refractivity contribution is -0.118. The van der Waals surface area contributed by atoms with Crippen LogP contribution in [0.2, 0.25) is 0 Å². The zero-order valence-electron chi connectivity index (χ0n) is 13.8. The van der Waals surface area contributed by atoms with Gasteiger partial charge in [0.05, 0.1) is 19.3 Å². The number of rotatable bonds is 6. The van der Waals surface area contributed by atoms with Crippen LogP contribution in [0.25, 0.3) is 0 Å². The molecule has 1 fully saturated rings. The topological polar surface area (TPSA) is 101 Å². The molecule has 7 nitrogen and oxygen atoms in total. The SMILES string of the molecule is COc1ccc([C@@H](NC(=O)C(=O)c2cccnc2)C2CC(O)C2)cn1. The zero-order valence-corrected chi connectivity index (χ0v) is 13.8. The van der Waals surface area contributed by atoms with Crippen molar-refractivity contribution in [1.29, 1.82) is 0 Å². The number of aliphatic hydroxyl groups excluding tert-OH is 1. The van der Waals surface area contributed by atoms with Gasteiger partial charge in [0, 0.05) is 30.2 Å². The van der Waals surface area contributed by atoms with Crippen LogP contribution in [0.4, 0.5) is 0 Å². The Labute approximate surface area is 145 Å². The molecule has 7 heteroatoms. The van der Waals surface area contributed by atoms with Gasteiger partial charge >= 0.3 is 0 Å². The molecule has 0 bridgehead atoms. The van der Waals surface area contributed by atoms with E-state index in [0.717, 1.165) is 5.56 Å². The van der Waals surface area contributed by atoms with Gasteiger partial charge in [0.2, 0.25) is 5.88 Å². The summed E-state index contributed by atoms with van der Waals surface area (Å²) in [6.45, 7) is 0. The molecule has 2 heterocycles. The summed E-state index contributed by atoms with van der Waals surface area (Å²) in [7, 11) is 1.52. The van der Waals surface area contributed by atoms with Gasteiger partial charge in [0.25, 0.3) is 11.7 Å². The van der Waals surface area contributed by atoms with Gasteiger partial charge in [-0.1, -0.05) is 6.07 Å². The van der Waals surface area contributed by atoms with Gasteiger partial charge in [-0.2, -0.15) is 0 Å². The van der Waals surface area contributed by atoms with Gasteiger partial charge in [-0.3, -0.25) is 14.6 Å². The minimum Gasteiger partial charge on any atom is -0.481 e. The number of methoxy groups -OCH3 is 1. The van der Waals surface area contributed by atoms with Gasteiger partial charge in [0.1, 0.15) is 0 Å². The maximum atomic E-state index is 12.4. The van der Waals surface area contributed by atoms with Crippen molar-refractivity contribution in [3.8, 4) is 5.88 Å². The van der Waals surface area contributed by atoms with E-state index in [9.17, 15) is 14.7 Å². The number of pyridine rings is 2. The predicted molar refractivity (Wildman–Crippen MR) is 89.0 cm³/mol. The fraction of sp³-hybridized carbons (Fsp3) is 0.333. The number of ether oxygens (including phenoxy) is 1. The zero-order chi connectivity index (χ0) is 17.8. The number of hydrogen-bond acceptors (Lipinski definition) is 6.